The van der Waals surface area contributed by atoms with Crippen LogP contribution in [0, 0.1) is 5.41 Å². The van der Waals surface area contributed by atoms with Crippen molar-refractivity contribution in [3.8, 4) is 5.75 Å². The van der Waals surface area contributed by atoms with E-state index in [1.165, 1.54) is 23.1 Å². The molecule has 0 saturated heterocycles. The van der Waals surface area contributed by atoms with Gasteiger partial charge < -0.3 is 4.74 Å². The molecule has 2 aromatic carbocycles. The van der Waals surface area contributed by atoms with Gasteiger partial charge in [0.2, 0.25) is 0 Å². The van der Waals surface area contributed by atoms with Crippen LogP contribution in [0.25, 0.3) is 0 Å². The highest BCUT2D eigenvalue weighted by molar-refractivity contribution is 5.80. The Morgan fingerprint density at radius 2 is 1.88 bits per heavy atom. The summed E-state index contributed by atoms with van der Waals surface area (Å²) < 4.78 is 5.97. The normalized spacial score (nSPS) is 25.7. The molecule has 0 aliphatic heterocycles. The highest BCUT2D eigenvalue weighted by atomic mass is 16.5. The van der Waals surface area contributed by atoms with E-state index >= 15 is 0 Å². The van der Waals surface area contributed by atoms with Crippen molar-refractivity contribution in [2.24, 2.45) is 5.41 Å². The third-order valence-electron chi connectivity index (χ3n) is 5.95. The summed E-state index contributed by atoms with van der Waals surface area (Å²) >= 11 is 0. The molecule has 0 amide bonds. The van der Waals surface area contributed by atoms with E-state index in [9.17, 15) is 4.79 Å². The zero-order chi connectivity index (χ0) is 16.6. The molecule has 124 valence electrons. The van der Waals surface area contributed by atoms with Gasteiger partial charge in [-0.25, -0.2) is 0 Å². The number of rotatable bonds is 3. The van der Waals surface area contributed by atoms with E-state index in [2.05, 4.69) is 37.3 Å². The van der Waals surface area contributed by atoms with Crippen LogP contribution in [0.4, 0.5) is 0 Å². The fourth-order valence-corrected chi connectivity index (χ4v) is 4.35. The van der Waals surface area contributed by atoms with Crippen molar-refractivity contribution in [1.82, 2.24) is 0 Å². The number of hydrogen-bond acceptors (Lipinski definition) is 2. The van der Waals surface area contributed by atoms with Gasteiger partial charge in [0.25, 0.3) is 0 Å². The summed E-state index contributed by atoms with van der Waals surface area (Å²) in [6, 6.07) is 16.7. The van der Waals surface area contributed by atoms with Gasteiger partial charge in [-0.3, -0.25) is 4.79 Å². The van der Waals surface area contributed by atoms with Gasteiger partial charge in [-0.1, -0.05) is 43.3 Å². The van der Waals surface area contributed by atoms with E-state index in [0.717, 1.165) is 25.0 Å². The van der Waals surface area contributed by atoms with Crippen LogP contribution in [-0.4, -0.2) is 5.78 Å². The fourth-order valence-electron chi connectivity index (χ4n) is 4.35. The summed E-state index contributed by atoms with van der Waals surface area (Å²) in [4.78, 5) is 12.0. The minimum absolute atomic E-state index is 0.299. The Kier molecular flexibility index (Phi) is 3.91. The average Bonchev–Trinajstić information content (AvgIpc) is 2.61. The van der Waals surface area contributed by atoms with Gasteiger partial charge in [0.1, 0.15) is 18.1 Å². The summed E-state index contributed by atoms with van der Waals surface area (Å²) in [7, 11) is 0. The van der Waals surface area contributed by atoms with Gasteiger partial charge in [0.05, 0.1) is 0 Å². The predicted octanol–water partition coefficient (Wildman–Crippen LogP) is 5.05. The number of hydrogen-bond donors (Lipinski definition) is 0. The minimum atomic E-state index is 0.299. The van der Waals surface area contributed by atoms with Gasteiger partial charge in [-0.2, -0.15) is 0 Å². The second-order valence-electron chi connectivity index (χ2n) is 7.58. The number of ether oxygens (including phenoxy) is 1. The number of fused-ring (bicyclic) bond motifs is 3. The van der Waals surface area contributed by atoms with E-state index in [4.69, 9.17) is 4.74 Å². The van der Waals surface area contributed by atoms with Crippen LogP contribution in [0.1, 0.15) is 55.2 Å². The molecule has 4 rings (SSSR count). The Labute approximate surface area is 143 Å². The van der Waals surface area contributed by atoms with Crippen LogP contribution < -0.4 is 4.74 Å². The SMILES string of the molecule is C[C@]12CCC(=O)C[C@H]1c1ccc(OCc3ccccc3)cc1CC2. The van der Waals surface area contributed by atoms with E-state index in [-0.39, 0.29) is 0 Å². The zero-order valence-corrected chi connectivity index (χ0v) is 14.3. The molecule has 1 saturated carbocycles. The Balaban J connectivity index is 1.54. The number of aryl methyl sites for hydroxylation is 1. The largest absolute Gasteiger partial charge is 0.489 e. The molecule has 2 nitrogen and oxygen atoms in total. The van der Waals surface area contributed by atoms with Gasteiger partial charge in [0.15, 0.2) is 0 Å². The quantitative estimate of drug-likeness (QED) is 0.790. The molecular formula is C22H24O2. The molecule has 24 heavy (non-hydrogen) atoms. The maximum absolute atomic E-state index is 12.0. The van der Waals surface area contributed by atoms with Gasteiger partial charge in [-0.05, 0) is 59.4 Å². The monoisotopic (exact) mass is 320 g/mol. The molecule has 2 heteroatoms. The Bertz CT molecular complexity index is 750. The van der Waals surface area contributed by atoms with Crippen LogP contribution in [0.3, 0.4) is 0 Å². The number of ketones is 1. The van der Waals surface area contributed by atoms with Crippen LogP contribution in [0.2, 0.25) is 0 Å². The molecule has 0 bridgehead atoms. The van der Waals surface area contributed by atoms with Crippen molar-refractivity contribution in [3.63, 3.8) is 0 Å². The second kappa shape index (κ2) is 6.08. The van der Waals surface area contributed by atoms with Crippen molar-refractivity contribution in [3.05, 3.63) is 65.2 Å². The van der Waals surface area contributed by atoms with Crippen molar-refractivity contribution < 1.29 is 9.53 Å². The minimum Gasteiger partial charge on any atom is -0.489 e. The van der Waals surface area contributed by atoms with E-state index < -0.39 is 0 Å². The van der Waals surface area contributed by atoms with Crippen LogP contribution in [0.15, 0.2) is 48.5 Å². The van der Waals surface area contributed by atoms with E-state index in [1.807, 2.05) is 18.2 Å². The van der Waals surface area contributed by atoms with E-state index in [1.54, 1.807) is 0 Å². The molecule has 2 aromatic rings. The lowest BCUT2D eigenvalue weighted by Gasteiger charge is -2.45. The molecular weight excluding hydrogens is 296 g/mol. The zero-order valence-electron chi connectivity index (χ0n) is 14.3. The molecule has 0 aromatic heterocycles. The first kappa shape index (κ1) is 15.4. The molecule has 0 spiro atoms. The molecule has 0 radical (unpaired) electrons. The molecule has 0 N–H and O–H groups in total. The lowest BCUT2D eigenvalue weighted by atomic mass is 9.58. The molecule has 1 fully saturated rings. The number of carbonyl (C=O) groups is 1. The topological polar surface area (TPSA) is 26.3 Å². The first-order valence-corrected chi connectivity index (χ1v) is 8.95. The lowest BCUT2D eigenvalue weighted by molar-refractivity contribution is -0.123. The Morgan fingerprint density at radius 3 is 2.71 bits per heavy atom. The van der Waals surface area contributed by atoms with Crippen molar-refractivity contribution in [2.45, 2.75) is 51.6 Å². The smallest absolute Gasteiger partial charge is 0.133 e. The maximum Gasteiger partial charge on any atom is 0.133 e. The van der Waals surface area contributed by atoms with E-state index in [0.29, 0.717) is 30.1 Å². The summed E-state index contributed by atoms with van der Waals surface area (Å²) in [5, 5.41) is 0. The Morgan fingerprint density at radius 1 is 1.08 bits per heavy atom. The molecule has 2 aliphatic carbocycles. The van der Waals surface area contributed by atoms with Crippen LogP contribution in [0.5, 0.6) is 5.75 Å². The lowest BCUT2D eigenvalue weighted by Crippen LogP contribution is -2.36. The van der Waals surface area contributed by atoms with Crippen LogP contribution in [-0.2, 0) is 17.8 Å². The van der Waals surface area contributed by atoms with Crippen molar-refractivity contribution >= 4 is 5.78 Å². The van der Waals surface area contributed by atoms with Gasteiger partial charge in [-0.15, -0.1) is 0 Å². The number of carbonyl (C=O) groups excluding carboxylic acids is 1. The average molecular weight is 320 g/mol. The number of benzene rings is 2. The Hall–Kier alpha value is -2.09. The highest BCUT2D eigenvalue weighted by Crippen LogP contribution is 2.53. The van der Waals surface area contributed by atoms with Gasteiger partial charge >= 0.3 is 0 Å². The fraction of sp³-hybridized carbons (Fsp3) is 0.409. The summed E-state index contributed by atoms with van der Waals surface area (Å²) in [5.41, 5.74) is 4.23. The third-order valence-corrected chi connectivity index (χ3v) is 5.95. The first-order valence-electron chi connectivity index (χ1n) is 8.95. The predicted molar refractivity (Wildman–Crippen MR) is 95.2 cm³/mol. The highest BCUT2D eigenvalue weighted by Gasteiger charge is 2.43. The number of Topliss-reactive ketones (excluding diaryl/α,β-unsaturated/α-hetero) is 1. The third kappa shape index (κ3) is 2.86. The summed E-state index contributed by atoms with van der Waals surface area (Å²) in [5.74, 6) is 1.75. The molecule has 2 atom stereocenters. The van der Waals surface area contributed by atoms with Crippen molar-refractivity contribution in [1.29, 1.82) is 0 Å². The van der Waals surface area contributed by atoms with Crippen molar-refractivity contribution in [2.75, 3.05) is 0 Å². The maximum atomic E-state index is 12.0. The summed E-state index contributed by atoms with van der Waals surface area (Å²) in [6.45, 7) is 2.96. The molecule has 0 heterocycles. The summed E-state index contributed by atoms with van der Waals surface area (Å²) in [6.07, 6.45) is 4.80. The first-order chi connectivity index (χ1) is 11.6. The van der Waals surface area contributed by atoms with Gasteiger partial charge in [0, 0.05) is 12.8 Å². The second-order valence-corrected chi connectivity index (χ2v) is 7.58. The standard InChI is InChI=1S/C22H24O2/c1-22-11-9-17-13-19(24-15-16-5-3-2-4-6-16)7-8-20(17)21(22)14-18(23)10-12-22/h2-8,13,21H,9-12,14-15H2,1H3/t21-,22-/m0/s1. The molecule has 0 unspecified atom stereocenters. The molecule has 2 aliphatic rings. The van der Waals surface area contributed by atoms with Crippen LogP contribution >= 0.6 is 0 Å².